The summed E-state index contributed by atoms with van der Waals surface area (Å²) in [6.45, 7) is 3.74. The summed E-state index contributed by atoms with van der Waals surface area (Å²) in [5.41, 5.74) is 1.24. The molecular formula is C13H20N2O3. The Morgan fingerprint density at radius 1 is 1.39 bits per heavy atom. The molecule has 0 heterocycles. The number of benzene rings is 1. The van der Waals surface area contributed by atoms with Crippen molar-refractivity contribution in [3.63, 3.8) is 0 Å². The van der Waals surface area contributed by atoms with Gasteiger partial charge >= 0.3 is 0 Å². The quantitative estimate of drug-likeness (QED) is 0.568. The molecule has 0 amide bonds. The number of hydrogen-bond acceptors (Lipinski definition) is 4. The molecule has 100 valence electrons. The van der Waals surface area contributed by atoms with E-state index >= 15 is 0 Å². The van der Waals surface area contributed by atoms with E-state index < -0.39 is 0 Å². The molecule has 0 bridgehead atoms. The third-order valence-electron chi connectivity index (χ3n) is 2.81. The van der Waals surface area contributed by atoms with Crippen LogP contribution < -0.4 is 5.32 Å². The molecule has 0 saturated heterocycles. The lowest BCUT2D eigenvalue weighted by atomic mass is 10.1. The van der Waals surface area contributed by atoms with Crippen molar-refractivity contribution in [2.24, 2.45) is 0 Å². The van der Waals surface area contributed by atoms with Gasteiger partial charge in [0.25, 0.3) is 5.69 Å². The van der Waals surface area contributed by atoms with E-state index in [1.165, 1.54) is 0 Å². The molecule has 1 aromatic carbocycles. The summed E-state index contributed by atoms with van der Waals surface area (Å²) < 4.78 is 5.01. The SMILES string of the molecule is COCCC(C)NCCc1ccc([N+](=O)[O-])cc1. The van der Waals surface area contributed by atoms with E-state index in [4.69, 9.17) is 4.74 Å². The number of nitro groups is 1. The van der Waals surface area contributed by atoms with E-state index in [1.807, 2.05) is 0 Å². The average molecular weight is 252 g/mol. The standard InChI is InChI=1S/C13H20N2O3/c1-11(8-10-18-2)14-9-7-12-3-5-13(6-4-12)15(16)17/h3-6,11,14H,7-10H2,1-2H3. The molecule has 0 aliphatic rings. The first-order valence-electron chi connectivity index (χ1n) is 6.09. The fraction of sp³-hybridized carbons (Fsp3) is 0.538. The highest BCUT2D eigenvalue weighted by molar-refractivity contribution is 5.32. The number of nitrogens with zero attached hydrogens (tertiary/aromatic N) is 1. The Hall–Kier alpha value is -1.46. The molecule has 1 atom stereocenters. The summed E-state index contributed by atoms with van der Waals surface area (Å²) in [4.78, 5) is 10.1. The van der Waals surface area contributed by atoms with Crippen molar-refractivity contribution in [3.8, 4) is 0 Å². The van der Waals surface area contributed by atoms with E-state index in [2.05, 4.69) is 12.2 Å². The molecule has 0 aliphatic carbocycles. The van der Waals surface area contributed by atoms with Crippen LogP contribution in [0.4, 0.5) is 5.69 Å². The van der Waals surface area contributed by atoms with Crippen LogP contribution in [0.15, 0.2) is 24.3 Å². The molecule has 1 rings (SSSR count). The highest BCUT2D eigenvalue weighted by Gasteiger charge is 2.04. The lowest BCUT2D eigenvalue weighted by molar-refractivity contribution is -0.384. The fourth-order valence-electron chi connectivity index (χ4n) is 1.64. The highest BCUT2D eigenvalue weighted by Crippen LogP contribution is 2.11. The molecule has 1 N–H and O–H groups in total. The zero-order valence-electron chi connectivity index (χ0n) is 10.9. The molecule has 0 radical (unpaired) electrons. The van der Waals surface area contributed by atoms with Crippen LogP contribution in [0.1, 0.15) is 18.9 Å². The Kier molecular flexibility index (Phi) is 6.32. The van der Waals surface area contributed by atoms with E-state index in [9.17, 15) is 10.1 Å². The summed E-state index contributed by atoms with van der Waals surface area (Å²) in [5, 5.41) is 13.9. The lowest BCUT2D eigenvalue weighted by Crippen LogP contribution is -2.29. The topological polar surface area (TPSA) is 64.4 Å². The van der Waals surface area contributed by atoms with Gasteiger partial charge in [-0.05, 0) is 31.9 Å². The van der Waals surface area contributed by atoms with Gasteiger partial charge in [0.15, 0.2) is 0 Å². The van der Waals surface area contributed by atoms with E-state index in [-0.39, 0.29) is 10.6 Å². The van der Waals surface area contributed by atoms with Gasteiger partial charge in [0.1, 0.15) is 0 Å². The van der Waals surface area contributed by atoms with Gasteiger partial charge in [0.2, 0.25) is 0 Å². The molecule has 0 fully saturated rings. The summed E-state index contributed by atoms with van der Waals surface area (Å²) in [5.74, 6) is 0. The maximum absolute atomic E-state index is 10.5. The average Bonchev–Trinajstić information content (AvgIpc) is 2.37. The normalized spacial score (nSPS) is 12.3. The van der Waals surface area contributed by atoms with Crippen molar-refractivity contribution < 1.29 is 9.66 Å². The maximum atomic E-state index is 10.5. The first-order chi connectivity index (χ1) is 8.63. The number of rotatable bonds is 8. The summed E-state index contributed by atoms with van der Waals surface area (Å²) >= 11 is 0. The minimum atomic E-state index is -0.380. The minimum Gasteiger partial charge on any atom is -0.385 e. The second-order valence-corrected chi connectivity index (χ2v) is 4.31. The Bertz CT molecular complexity index is 365. The molecule has 1 aromatic rings. The summed E-state index contributed by atoms with van der Waals surface area (Å²) in [7, 11) is 1.70. The number of hydrogen-bond donors (Lipinski definition) is 1. The van der Waals surface area contributed by atoms with Crippen LogP contribution in [0.2, 0.25) is 0 Å². The van der Waals surface area contributed by atoms with Gasteiger partial charge in [0, 0.05) is 31.9 Å². The molecule has 1 unspecified atom stereocenters. The van der Waals surface area contributed by atoms with Gasteiger partial charge < -0.3 is 10.1 Å². The number of nitro benzene ring substituents is 1. The molecule has 0 saturated carbocycles. The van der Waals surface area contributed by atoms with Crippen LogP contribution in [0.3, 0.4) is 0 Å². The van der Waals surface area contributed by atoms with Crippen LogP contribution >= 0.6 is 0 Å². The molecule has 5 heteroatoms. The first kappa shape index (κ1) is 14.6. The molecule has 0 aromatic heterocycles. The van der Waals surface area contributed by atoms with Crippen LogP contribution in [-0.2, 0) is 11.2 Å². The van der Waals surface area contributed by atoms with E-state index in [1.54, 1.807) is 31.4 Å². The van der Waals surface area contributed by atoms with Crippen molar-refractivity contribution in [2.75, 3.05) is 20.3 Å². The molecule has 5 nitrogen and oxygen atoms in total. The van der Waals surface area contributed by atoms with Crippen molar-refractivity contribution in [1.29, 1.82) is 0 Å². The predicted octanol–water partition coefficient (Wildman–Crippen LogP) is 2.15. The van der Waals surface area contributed by atoms with Gasteiger partial charge in [-0.2, -0.15) is 0 Å². The maximum Gasteiger partial charge on any atom is 0.269 e. The third-order valence-corrected chi connectivity index (χ3v) is 2.81. The van der Waals surface area contributed by atoms with Crippen molar-refractivity contribution in [3.05, 3.63) is 39.9 Å². The van der Waals surface area contributed by atoms with Crippen molar-refractivity contribution in [2.45, 2.75) is 25.8 Å². The van der Waals surface area contributed by atoms with Crippen molar-refractivity contribution >= 4 is 5.69 Å². The largest absolute Gasteiger partial charge is 0.385 e. The third kappa shape index (κ3) is 5.25. The highest BCUT2D eigenvalue weighted by atomic mass is 16.6. The zero-order chi connectivity index (χ0) is 13.4. The van der Waals surface area contributed by atoms with Gasteiger partial charge in [-0.15, -0.1) is 0 Å². The molecular weight excluding hydrogens is 232 g/mol. The lowest BCUT2D eigenvalue weighted by Gasteiger charge is -2.12. The monoisotopic (exact) mass is 252 g/mol. The number of methoxy groups -OCH3 is 1. The second kappa shape index (κ2) is 7.79. The van der Waals surface area contributed by atoms with Crippen molar-refractivity contribution in [1.82, 2.24) is 5.32 Å². The van der Waals surface area contributed by atoms with Crippen LogP contribution in [0, 0.1) is 10.1 Å². The van der Waals surface area contributed by atoms with Gasteiger partial charge in [0.05, 0.1) is 4.92 Å². The van der Waals surface area contributed by atoms with Crippen LogP contribution in [0.5, 0.6) is 0 Å². The fourth-order valence-corrected chi connectivity index (χ4v) is 1.64. The Morgan fingerprint density at radius 3 is 2.61 bits per heavy atom. The van der Waals surface area contributed by atoms with Gasteiger partial charge in [-0.25, -0.2) is 0 Å². The van der Waals surface area contributed by atoms with E-state index in [0.29, 0.717) is 6.04 Å². The Balaban J connectivity index is 2.29. The summed E-state index contributed by atoms with van der Waals surface area (Å²) in [6, 6.07) is 7.12. The zero-order valence-corrected chi connectivity index (χ0v) is 10.9. The predicted molar refractivity (Wildman–Crippen MR) is 70.8 cm³/mol. The first-order valence-corrected chi connectivity index (χ1v) is 6.09. The van der Waals surface area contributed by atoms with E-state index in [0.717, 1.165) is 31.6 Å². The molecule has 18 heavy (non-hydrogen) atoms. The Labute approximate surface area is 107 Å². The van der Waals surface area contributed by atoms with Crippen LogP contribution in [0.25, 0.3) is 0 Å². The Morgan fingerprint density at radius 2 is 2.06 bits per heavy atom. The minimum absolute atomic E-state index is 0.139. The smallest absolute Gasteiger partial charge is 0.269 e. The van der Waals surface area contributed by atoms with Gasteiger partial charge in [-0.3, -0.25) is 10.1 Å². The number of nitrogens with one attached hydrogen (secondary N) is 1. The number of non-ortho nitro benzene ring substituents is 1. The van der Waals surface area contributed by atoms with Gasteiger partial charge in [-0.1, -0.05) is 12.1 Å². The molecule has 0 spiro atoms. The number of ether oxygens (including phenoxy) is 1. The summed E-state index contributed by atoms with van der Waals surface area (Å²) in [6.07, 6.45) is 1.85. The molecule has 0 aliphatic heterocycles. The van der Waals surface area contributed by atoms with Crippen LogP contribution in [-0.4, -0.2) is 31.2 Å². The second-order valence-electron chi connectivity index (χ2n) is 4.31.